The Labute approximate surface area is 134 Å². The molecule has 0 N–H and O–H groups in total. The first-order valence-corrected chi connectivity index (χ1v) is 8.25. The van der Waals surface area contributed by atoms with E-state index in [1.54, 1.807) is 4.68 Å². The Hall–Kier alpha value is -2.35. The van der Waals surface area contributed by atoms with Crippen molar-refractivity contribution < 1.29 is 0 Å². The molecular weight excluding hydrogens is 288 g/mol. The lowest BCUT2D eigenvalue weighted by atomic mass is 9.40. The molecule has 0 spiro atoms. The van der Waals surface area contributed by atoms with Gasteiger partial charge in [-0.15, -0.1) is 0 Å². The molecule has 3 aliphatic carbocycles. The van der Waals surface area contributed by atoms with E-state index in [4.69, 9.17) is 0 Å². The minimum absolute atomic E-state index is 0.00862. The van der Waals surface area contributed by atoms with Crippen LogP contribution >= 0.6 is 0 Å². The summed E-state index contributed by atoms with van der Waals surface area (Å²) in [5, 5.41) is 13.8. The molecule has 2 bridgehead atoms. The Morgan fingerprint density at radius 2 is 1.96 bits per heavy atom. The van der Waals surface area contributed by atoms with Gasteiger partial charge in [-0.3, -0.25) is 4.57 Å². The molecule has 1 aromatic carbocycles. The standard InChI is InChI=1S/C18H18N4O/c1-12-2-4-13(5-3-12)14-6-7-15-20-22(16(23)21(14)15)18-8-17(9-18,10-18)11-19/h2-5,14H,6-10H2,1H3/t14-,17?,18?/m0/s1. The minimum Gasteiger partial charge on any atom is -0.271 e. The number of nitriles is 1. The highest BCUT2D eigenvalue weighted by molar-refractivity contribution is 5.30. The first-order chi connectivity index (χ1) is 11.1. The van der Waals surface area contributed by atoms with E-state index >= 15 is 0 Å². The highest BCUT2D eigenvalue weighted by atomic mass is 16.2. The van der Waals surface area contributed by atoms with E-state index in [9.17, 15) is 10.1 Å². The Bertz CT molecular complexity index is 892. The molecule has 0 amide bonds. The van der Waals surface area contributed by atoms with E-state index < -0.39 is 0 Å². The van der Waals surface area contributed by atoms with Crippen molar-refractivity contribution in [2.24, 2.45) is 5.41 Å². The molecule has 2 heterocycles. The zero-order valence-electron chi connectivity index (χ0n) is 13.1. The highest BCUT2D eigenvalue weighted by Crippen LogP contribution is 2.70. The van der Waals surface area contributed by atoms with Crippen LogP contribution in [-0.2, 0) is 12.0 Å². The van der Waals surface area contributed by atoms with Crippen molar-refractivity contribution in [3.05, 3.63) is 51.7 Å². The van der Waals surface area contributed by atoms with Crippen LogP contribution in [0.25, 0.3) is 0 Å². The fourth-order valence-electron chi connectivity index (χ4n) is 4.79. The number of benzene rings is 1. The van der Waals surface area contributed by atoms with E-state index in [-0.39, 0.29) is 22.7 Å². The van der Waals surface area contributed by atoms with Gasteiger partial charge in [-0.25, -0.2) is 9.48 Å². The molecule has 5 nitrogen and oxygen atoms in total. The van der Waals surface area contributed by atoms with Crippen molar-refractivity contribution >= 4 is 0 Å². The Morgan fingerprint density at radius 1 is 1.26 bits per heavy atom. The summed E-state index contributed by atoms with van der Waals surface area (Å²) < 4.78 is 3.58. The van der Waals surface area contributed by atoms with Crippen molar-refractivity contribution in [1.29, 1.82) is 5.26 Å². The van der Waals surface area contributed by atoms with Crippen LogP contribution in [0.5, 0.6) is 0 Å². The number of fused-ring (bicyclic) bond motifs is 1. The molecule has 116 valence electrons. The number of nitrogens with zero attached hydrogens (tertiary/aromatic N) is 4. The van der Waals surface area contributed by atoms with Crippen LogP contribution < -0.4 is 5.69 Å². The molecule has 2 aromatic rings. The van der Waals surface area contributed by atoms with Gasteiger partial charge < -0.3 is 0 Å². The Kier molecular flexibility index (Phi) is 2.25. The fourth-order valence-corrected chi connectivity index (χ4v) is 4.79. The van der Waals surface area contributed by atoms with Crippen molar-refractivity contribution in [3.8, 4) is 6.07 Å². The van der Waals surface area contributed by atoms with Crippen LogP contribution in [0.2, 0.25) is 0 Å². The van der Waals surface area contributed by atoms with Crippen LogP contribution in [-0.4, -0.2) is 14.3 Å². The van der Waals surface area contributed by atoms with Gasteiger partial charge in [0.25, 0.3) is 0 Å². The molecule has 1 aliphatic heterocycles. The molecule has 3 fully saturated rings. The number of hydrogen-bond donors (Lipinski definition) is 0. The number of hydrogen-bond acceptors (Lipinski definition) is 3. The van der Waals surface area contributed by atoms with Crippen molar-refractivity contribution in [3.63, 3.8) is 0 Å². The predicted octanol–water partition coefficient (Wildman–Crippen LogP) is 2.29. The Morgan fingerprint density at radius 3 is 2.61 bits per heavy atom. The van der Waals surface area contributed by atoms with Crippen LogP contribution in [0.15, 0.2) is 29.1 Å². The molecule has 23 heavy (non-hydrogen) atoms. The van der Waals surface area contributed by atoms with Crippen LogP contribution in [0.1, 0.15) is 48.7 Å². The summed E-state index contributed by atoms with van der Waals surface area (Å²) in [4.78, 5) is 12.9. The monoisotopic (exact) mass is 306 g/mol. The summed E-state index contributed by atoms with van der Waals surface area (Å²) in [6.45, 7) is 2.07. The summed E-state index contributed by atoms with van der Waals surface area (Å²) in [5.41, 5.74) is 2.09. The van der Waals surface area contributed by atoms with Gasteiger partial charge in [0, 0.05) is 6.42 Å². The zero-order chi connectivity index (χ0) is 15.8. The molecule has 0 unspecified atom stereocenters. The van der Waals surface area contributed by atoms with Gasteiger partial charge in [0.1, 0.15) is 5.82 Å². The molecular formula is C18H18N4O. The highest BCUT2D eigenvalue weighted by Gasteiger charge is 2.71. The van der Waals surface area contributed by atoms with E-state index in [0.29, 0.717) is 0 Å². The van der Waals surface area contributed by atoms with Gasteiger partial charge in [0.15, 0.2) is 0 Å². The van der Waals surface area contributed by atoms with Gasteiger partial charge in [-0.1, -0.05) is 29.8 Å². The second-order valence-electron chi connectivity index (χ2n) is 7.59. The predicted molar refractivity (Wildman–Crippen MR) is 84.0 cm³/mol. The summed E-state index contributed by atoms with van der Waals surface area (Å²) in [5.74, 6) is 0.899. The SMILES string of the molecule is Cc1ccc([C@@H]2CCc3nn(C45CC(C#N)(C4)C5)c(=O)n32)cc1. The number of aromatic nitrogens is 3. The summed E-state index contributed by atoms with van der Waals surface area (Å²) in [7, 11) is 0. The van der Waals surface area contributed by atoms with Crippen LogP contribution in [0, 0.1) is 23.7 Å². The van der Waals surface area contributed by atoms with Gasteiger partial charge in [-0.2, -0.15) is 10.4 Å². The lowest BCUT2D eigenvalue weighted by Gasteiger charge is -2.65. The minimum atomic E-state index is -0.165. The van der Waals surface area contributed by atoms with Gasteiger partial charge in [-0.05, 0) is 38.2 Å². The van der Waals surface area contributed by atoms with E-state index in [0.717, 1.165) is 37.9 Å². The third-order valence-electron chi connectivity index (χ3n) is 5.98. The molecule has 6 rings (SSSR count). The topological polar surface area (TPSA) is 63.6 Å². The maximum absolute atomic E-state index is 12.9. The first kappa shape index (κ1) is 13.1. The fraction of sp³-hybridized carbons (Fsp3) is 0.500. The van der Waals surface area contributed by atoms with Crippen molar-refractivity contribution in [2.75, 3.05) is 0 Å². The lowest BCUT2D eigenvalue weighted by Crippen LogP contribution is -2.69. The smallest absolute Gasteiger partial charge is 0.271 e. The Balaban J connectivity index is 1.54. The first-order valence-electron chi connectivity index (χ1n) is 8.25. The number of rotatable bonds is 2. The lowest BCUT2D eigenvalue weighted by molar-refractivity contribution is -0.155. The molecule has 0 radical (unpaired) electrons. The molecule has 1 aromatic heterocycles. The third-order valence-corrected chi connectivity index (χ3v) is 5.98. The molecule has 3 saturated carbocycles. The molecule has 1 atom stereocenters. The average molecular weight is 306 g/mol. The quantitative estimate of drug-likeness (QED) is 0.855. The maximum Gasteiger partial charge on any atom is 0.347 e. The van der Waals surface area contributed by atoms with E-state index in [1.165, 1.54) is 11.1 Å². The second-order valence-corrected chi connectivity index (χ2v) is 7.59. The van der Waals surface area contributed by atoms with E-state index in [1.807, 2.05) is 4.57 Å². The maximum atomic E-state index is 12.9. The van der Waals surface area contributed by atoms with Crippen molar-refractivity contribution in [2.45, 2.75) is 50.6 Å². The average Bonchev–Trinajstić information content (AvgIpc) is 3.00. The van der Waals surface area contributed by atoms with Gasteiger partial charge >= 0.3 is 5.69 Å². The van der Waals surface area contributed by atoms with Crippen LogP contribution in [0.3, 0.4) is 0 Å². The van der Waals surface area contributed by atoms with Gasteiger partial charge in [0.2, 0.25) is 0 Å². The molecule has 0 saturated heterocycles. The zero-order valence-corrected chi connectivity index (χ0v) is 13.1. The van der Waals surface area contributed by atoms with Gasteiger partial charge in [0.05, 0.1) is 23.1 Å². The molecule has 5 heteroatoms. The second kappa shape index (κ2) is 3.94. The summed E-state index contributed by atoms with van der Waals surface area (Å²) in [6, 6.07) is 10.9. The molecule has 4 aliphatic rings. The normalized spacial score (nSPS) is 33.5. The summed E-state index contributed by atoms with van der Waals surface area (Å²) in [6.07, 6.45) is 4.17. The third kappa shape index (κ3) is 1.51. The van der Waals surface area contributed by atoms with Crippen molar-refractivity contribution in [1.82, 2.24) is 14.3 Å². The van der Waals surface area contributed by atoms with Crippen LogP contribution in [0.4, 0.5) is 0 Å². The summed E-state index contributed by atoms with van der Waals surface area (Å²) >= 11 is 0. The van der Waals surface area contributed by atoms with E-state index in [2.05, 4.69) is 42.4 Å². The largest absolute Gasteiger partial charge is 0.347 e. The number of aryl methyl sites for hydroxylation is 2.